The Morgan fingerprint density at radius 2 is 2.16 bits per heavy atom. The average molecular weight is 349 g/mol. The van der Waals surface area contributed by atoms with Crippen molar-refractivity contribution in [3.8, 4) is 0 Å². The summed E-state index contributed by atoms with van der Waals surface area (Å²) in [7, 11) is 0. The van der Waals surface area contributed by atoms with Crippen LogP contribution in [0.1, 0.15) is 49.7 Å². The van der Waals surface area contributed by atoms with Crippen LogP contribution in [-0.2, 0) is 22.4 Å². The summed E-state index contributed by atoms with van der Waals surface area (Å²) in [6, 6.07) is 0. The second-order valence-corrected chi connectivity index (χ2v) is 7.06. The van der Waals surface area contributed by atoms with Gasteiger partial charge in [0.05, 0.1) is 18.1 Å². The van der Waals surface area contributed by atoms with Crippen LogP contribution in [0.3, 0.4) is 0 Å². The summed E-state index contributed by atoms with van der Waals surface area (Å²) in [6.07, 6.45) is 3.20. The minimum absolute atomic E-state index is 0.0641. The average Bonchev–Trinajstić information content (AvgIpc) is 2.61. The monoisotopic (exact) mass is 349 g/mol. The van der Waals surface area contributed by atoms with Crippen molar-refractivity contribution in [1.82, 2.24) is 14.9 Å². The molecule has 3 heterocycles. The molecule has 1 spiro atoms. The van der Waals surface area contributed by atoms with Crippen molar-refractivity contribution < 1.29 is 14.6 Å². The summed E-state index contributed by atoms with van der Waals surface area (Å²) in [5.74, 6) is 0.571. The quantitative estimate of drug-likeness (QED) is 0.838. The van der Waals surface area contributed by atoms with Gasteiger partial charge in [-0.2, -0.15) is 0 Å². The molecule has 1 atom stereocenters. The molecule has 1 amide bonds. The third kappa shape index (κ3) is 3.62. The second-order valence-electron chi connectivity index (χ2n) is 7.06. The van der Waals surface area contributed by atoms with Crippen molar-refractivity contribution >= 4 is 5.91 Å². The molecule has 2 fully saturated rings. The Morgan fingerprint density at radius 3 is 2.76 bits per heavy atom. The third-order valence-electron chi connectivity index (χ3n) is 5.52. The van der Waals surface area contributed by atoms with Gasteiger partial charge in [-0.1, -0.05) is 6.92 Å². The topological polar surface area (TPSA) is 95.5 Å². The van der Waals surface area contributed by atoms with Crippen molar-refractivity contribution in [2.24, 2.45) is 0 Å². The summed E-state index contributed by atoms with van der Waals surface area (Å²) >= 11 is 0. The number of aliphatic hydroxyl groups excluding tert-OH is 1. The van der Waals surface area contributed by atoms with E-state index < -0.39 is 11.7 Å². The number of rotatable bonds is 3. The Kier molecular flexibility index (Phi) is 5.24. The fourth-order valence-corrected chi connectivity index (χ4v) is 3.83. The smallest absolute Gasteiger partial charge is 0.254 e. The predicted octanol–water partition coefficient (Wildman–Crippen LogP) is 0.716. The molecular formula is C18H27N3O4. The number of piperidine rings is 1. The molecule has 1 aromatic heterocycles. The molecule has 0 aromatic carbocycles. The highest BCUT2D eigenvalue weighted by molar-refractivity contribution is 5.79. The number of nitrogens with zero attached hydrogens (tertiary/aromatic N) is 2. The highest BCUT2D eigenvalue weighted by Gasteiger charge is 2.44. The first-order valence-corrected chi connectivity index (χ1v) is 9.13. The summed E-state index contributed by atoms with van der Waals surface area (Å²) in [4.78, 5) is 33.7. The maximum atomic E-state index is 12.6. The van der Waals surface area contributed by atoms with E-state index in [4.69, 9.17) is 4.74 Å². The Bertz CT molecular complexity index is 692. The molecule has 0 saturated carbocycles. The van der Waals surface area contributed by atoms with E-state index in [2.05, 4.69) is 9.97 Å². The summed E-state index contributed by atoms with van der Waals surface area (Å²) < 4.78 is 5.88. The van der Waals surface area contributed by atoms with Crippen molar-refractivity contribution in [3.63, 3.8) is 0 Å². The Hall–Kier alpha value is -1.73. The Labute approximate surface area is 147 Å². The van der Waals surface area contributed by atoms with E-state index in [1.165, 1.54) is 0 Å². The van der Waals surface area contributed by atoms with E-state index >= 15 is 0 Å². The molecule has 25 heavy (non-hydrogen) atoms. The number of amides is 1. The van der Waals surface area contributed by atoms with Gasteiger partial charge in [-0.05, 0) is 32.6 Å². The minimum Gasteiger partial charge on any atom is -0.390 e. The molecule has 2 aliphatic rings. The van der Waals surface area contributed by atoms with Crippen molar-refractivity contribution in [2.45, 2.75) is 64.1 Å². The molecule has 1 aromatic rings. The Morgan fingerprint density at radius 1 is 1.44 bits per heavy atom. The molecule has 0 radical (unpaired) electrons. The maximum absolute atomic E-state index is 12.6. The molecular weight excluding hydrogens is 322 g/mol. The first-order chi connectivity index (χ1) is 11.9. The fraction of sp³-hybridized carbons (Fsp3) is 0.722. The number of hydrogen-bond donors (Lipinski definition) is 2. The van der Waals surface area contributed by atoms with E-state index in [9.17, 15) is 14.7 Å². The number of ether oxygens (including phenoxy) is 1. The van der Waals surface area contributed by atoms with Crippen LogP contribution < -0.4 is 5.56 Å². The van der Waals surface area contributed by atoms with Gasteiger partial charge in [0, 0.05) is 37.4 Å². The number of H-pyrrole nitrogens is 1. The minimum atomic E-state index is -0.493. The molecule has 2 N–H and O–H groups in total. The fourth-order valence-electron chi connectivity index (χ4n) is 3.83. The van der Waals surface area contributed by atoms with E-state index in [-0.39, 0.29) is 17.9 Å². The highest BCUT2D eigenvalue weighted by Crippen LogP contribution is 2.35. The first kappa shape index (κ1) is 18.1. The molecule has 0 aliphatic carbocycles. The zero-order valence-corrected chi connectivity index (χ0v) is 15.0. The molecule has 7 nitrogen and oxygen atoms in total. The van der Waals surface area contributed by atoms with Gasteiger partial charge in [0.2, 0.25) is 5.91 Å². The number of carbonyl (C=O) groups is 1. The first-order valence-electron chi connectivity index (χ1n) is 9.13. The number of carbonyl (C=O) groups excluding carboxylic acids is 1. The largest absolute Gasteiger partial charge is 0.390 e. The van der Waals surface area contributed by atoms with Crippen LogP contribution in [0.5, 0.6) is 0 Å². The number of aryl methyl sites for hydroxylation is 2. The van der Waals surface area contributed by atoms with E-state index in [0.717, 1.165) is 12.8 Å². The summed E-state index contributed by atoms with van der Waals surface area (Å²) in [5.41, 5.74) is 0.342. The molecule has 138 valence electrons. The van der Waals surface area contributed by atoms with Gasteiger partial charge < -0.3 is 19.7 Å². The number of aromatic amines is 1. The van der Waals surface area contributed by atoms with Crippen LogP contribution in [0.15, 0.2) is 4.79 Å². The SMILES string of the molecule is CCc1nc(C)c(CC(=O)N2CCC3(CC2)OCCC[C@H]3O)c(=O)[nH]1. The van der Waals surface area contributed by atoms with Gasteiger partial charge in [-0.25, -0.2) is 4.98 Å². The van der Waals surface area contributed by atoms with Crippen molar-refractivity contribution in [1.29, 1.82) is 0 Å². The van der Waals surface area contributed by atoms with Gasteiger partial charge in [-0.3, -0.25) is 9.59 Å². The third-order valence-corrected chi connectivity index (χ3v) is 5.52. The number of aromatic nitrogens is 2. The van der Waals surface area contributed by atoms with Gasteiger partial charge in [0.15, 0.2) is 0 Å². The van der Waals surface area contributed by atoms with Crippen molar-refractivity contribution in [3.05, 3.63) is 27.4 Å². The van der Waals surface area contributed by atoms with E-state index in [1.807, 2.05) is 6.92 Å². The van der Waals surface area contributed by atoms with Gasteiger partial charge in [-0.15, -0.1) is 0 Å². The number of hydrogen-bond acceptors (Lipinski definition) is 5. The highest BCUT2D eigenvalue weighted by atomic mass is 16.5. The van der Waals surface area contributed by atoms with E-state index in [0.29, 0.717) is 56.0 Å². The van der Waals surface area contributed by atoms with Crippen molar-refractivity contribution in [2.75, 3.05) is 19.7 Å². The normalized spacial score (nSPS) is 23.0. The standard InChI is InChI=1S/C18H27N3O4/c1-3-15-19-12(2)13(17(24)20-15)11-16(23)21-8-6-18(7-9-21)14(22)5-4-10-25-18/h14,22H,3-11H2,1-2H3,(H,19,20,24)/t14-/m1/s1. The predicted molar refractivity (Wildman–Crippen MR) is 92.4 cm³/mol. The molecule has 0 unspecified atom stereocenters. The van der Waals surface area contributed by atoms with Gasteiger partial charge in [0.1, 0.15) is 5.82 Å². The lowest BCUT2D eigenvalue weighted by molar-refractivity contribution is -0.179. The molecule has 7 heteroatoms. The van der Waals surface area contributed by atoms with E-state index in [1.54, 1.807) is 11.8 Å². The molecule has 3 rings (SSSR count). The molecule has 2 saturated heterocycles. The van der Waals surface area contributed by atoms with Crippen LogP contribution in [-0.4, -0.2) is 57.3 Å². The van der Waals surface area contributed by atoms with Crippen LogP contribution in [0.4, 0.5) is 0 Å². The lowest BCUT2D eigenvalue weighted by Crippen LogP contribution is -2.56. The van der Waals surface area contributed by atoms with Gasteiger partial charge >= 0.3 is 0 Å². The summed E-state index contributed by atoms with van der Waals surface area (Å²) in [6.45, 7) is 5.47. The summed E-state index contributed by atoms with van der Waals surface area (Å²) in [5, 5.41) is 10.3. The zero-order chi connectivity index (χ0) is 18.0. The lowest BCUT2D eigenvalue weighted by atomic mass is 9.82. The van der Waals surface area contributed by atoms with Crippen LogP contribution in [0.25, 0.3) is 0 Å². The molecule has 2 aliphatic heterocycles. The zero-order valence-electron chi connectivity index (χ0n) is 15.0. The van der Waals surface area contributed by atoms with Gasteiger partial charge in [0.25, 0.3) is 5.56 Å². The second kappa shape index (κ2) is 7.25. The van der Waals surface area contributed by atoms with Crippen LogP contribution in [0, 0.1) is 6.92 Å². The van der Waals surface area contributed by atoms with Crippen LogP contribution >= 0.6 is 0 Å². The Balaban J connectivity index is 1.65. The number of likely N-dealkylation sites (tertiary alicyclic amines) is 1. The molecule has 0 bridgehead atoms. The van der Waals surface area contributed by atoms with Crippen LogP contribution in [0.2, 0.25) is 0 Å². The maximum Gasteiger partial charge on any atom is 0.254 e. The number of aliphatic hydroxyl groups is 1. The lowest BCUT2D eigenvalue weighted by Gasteiger charge is -2.46. The number of nitrogens with one attached hydrogen (secondary N) is 1.